The second-order valence-corrected chi connectivity index (χ2v) is 8.56. The number of amides is 1. The molecule has 0 saturated carbocycles. The smallest absolute Gasteiger partial charge is 0.241 e. The fourth-order valence-electron chi connectivity index (χ4n) is 2.99. The second-order valence-electron chi connectivity index (χ2n) is 5.35. The summed E-state index contributed by atoms with van der Waals surface area (Å²) >= 11 is 1.59. The van der Waals surface area contributed by atoms with E-state index in [1.165, 1.54) is 0 Å². The number of rotatable bonds is 3. The van der Waals surface area contributed by atoms with Crippen molar-refractivity contribution in [1.29, 1.82) is 0 Å². The van der Waals surface area contributed by atoms with Crippen molar-refractivity contribution in [2.45, 2.75) is 38.0 Å². The molecule has 2 aliphatic rings. The van der Waals surface area contributed by atoms with Gasteiger partial charge in [-0.2, -0.15) is 0 Å². The Labute approximate surface area is 122 Å². The van der Waals surface area contributed by atoms with Crippen molar-refractivity contribution in [1.82, 2.24) is 10.2 Å². The Morgan fingerprint density at radius 2 is 2.30 bits per heavy atom. The molecule has 3 rings (SSSR count). The summed E-state index contributed by atoms with van der Waals surface area (Å²) in [5, 5.41) is 5.32. The molecule has 3 heterocycles. The lowest BCUT2D eigenvalue weighted by molar-refractivity contribution is -0.131. The largest absolute Gasteiger partial charge is 0.317 e. The van der Waals surface area contributed by atoms with E-state index in [0.717, 1.165) is 11.3 Å². The Kier molecular flexibility index (Phi) is 3.60. The molecule has 20 heavy (non-hydrogen) atoms. The highest BCUT2D eigenvalue weighted by Gasteiger charge is 2.45. The maximum atomic E-state index is 12.5. The molecule has 5 nitrogen and oxygen atoms in total. The van der Waals surface area contributed by atoms with Crippen molar-refractivity contribution in [3.05, 3.63) is 22.4 Å². The van der Waals surface area contributed by atoms with Gasteiger partial charge in [0.05, 0.1) is 17.5 Å². The molecule has 0 bridgehead atoms. The third-order valence-electron chi connectivity index (χ3n) is 4.01. The summed E-state index contributed by atoms with van der Waals surface area (Å²) in [5.74, 6) is 0.321. The van der Waals surface area contributed by atoms with E-state index in [0.29, 0.717) is 6.42 Å². The number of thiophene rings is 1. The average molecular weight is 314 g/mol. The van der Waals surface area contributed by atoms with Crippen molar-refractivity contribution in [2.24, 2.45) is 0 Å². The molecular weight excluding hydrogens is 296 g/mol. The van der Waals surface area contributed by atoms with Crippen LogP contribution in [0.15, 0.2) is 17.5 Å². The highest BCUT2D eigenvalue weighted by Crippen LogP contribution is 2.34. The maximum Gasteiger partial charge on any atom is 0.241 e. The molecule has 2 saturated heterocycles. The van der Waals surface area contributed by atoms with Gasteiger partial charge in [0, 0.05) is 10.9 Å². The van der Waals surface area contributed by atoms with Gasteiger partial charge in [-0.1, -0.05) is 13.0 Å². The lowest BCUT2D eigenvalue weighted by Gasteiger charge is -2.28. The van der Waals surface area contributed by atoms with E-state index < -0.39 is 9.84 Å². The van der Waals surface area contributed by atoms with Crippen LogP contribution >= 0.6 is 11.3 Å². The van der Waals surface area contributed by atoms with Gasteiger partial charge in [-0.15, -0.1) is 11.3 Å². The number of carbonyl (C=O) groups excluding carboxylic acids is 1. The van der Waals surface area contributed by atoms with Gasteiger partial charge in [0.15, 0.2) is 9.84 Å². The molecule has 0 aromatic carbocycles. The Bertz CT molecular complexity index is 597. The molecule has 0 radical (unpaired) electrons. The number of carbonyl (C=O) groups is 1. The third-order valence-corrected chi connectivity index (χ3v) is 6.69. The number of hydrogen-bond donors (Lipinski definition) is 1. The summed E-state index contributed by atoms with van der Waals surface area (Å²) in [6.45, 7) is 1.97. The highest BCUT2D eigenvalue weighted by molar-refractivity contribution is 7.91. The number of sulfone groups is 1. The highest BCUT2D eigenvalue weighted by atomic mass is 32.2. The van der Waals surface area contributed by atoms with Crippen LogP contribution in [-0.2, 0) is 14.6 Å². The van der Waals surface area contributed by atoms with Crippen LogP contribution in [0.4, 0.5) is 0 Å². The van der Waals surface area contributed by atoms with Crippen LogP contribution in [0.3, 0.4) is 0 Å². The SMILES string of the molecule is CCC1NC(c2cccs2)N(C2CCS(=O)(=O)C2)C1=O. The minimum atomic E-state index is -2.99. The second kappa shape index (κ2) is 5.13. The average Bonchev–Trinajstić information content (AvgIpc) is 3.08. The molecule has 1 aromatic heterocycles. The molecule has 1 N–H and O–H groups in total. The molecule has 3 atom stereocenters. The zero-order valence-corrected chi connectivity index (χ0v) is 12.9. The Morgan fingerprint density at radius 1 is 1.50 bits per heavy atom. The Hall–Kier alpha value is -0.920. The molecule has 1 amide bonds. The maximum absolute atomic E-state index is 12.5. The van der Waals surface area contributed by atoms with Gasteiger partial charge < -0.3 is 4.90 Å². The van der Waals surface area contributed by atoms with Crippen LogP contribution in [0.25, 0.3) is 0 Å². The van der Waals surface area contributed by atoms with Gasteiger partial charge in [0.2, 0.25) is 5.91 Å². The molecule has 3 unspecified atom stereocenters. The van der Waals surface area contributed by atoms with E-state index in [1.54, 1.807) is 16.2 Å². The summed E-state index contributed by atoms with van der Waals surface area (Å²) in [4.78, 5) is 15.3. The van der Waals surface area contributed by atoms with E-state index >= 15 is 0 Å². The van der Waals surface area contributed by atoms with E-state index in [9.17, 15) is 13.2 Å². The minimum Gasteiger partial charge on any atom is -0.317 e. The molecule has 7 heteroatoms. The van der Waals surface area contributed by atoms with Crippen molar-refractivity contribution >= 4 is 27.1 Å². The van der Waals surface area contributed by atoms with Crippen molar-refractivity contribution < 1.29 is 13.2 Å². The predicted molar refractivity (Wildman–Crippen MR) is 78.2 cm³/mol. The lowest BCUT2D eigenvalue weighted by atomic mass is 10.2. The van der Waals surface area contributed by atoms with Gasteiger partial charge >= 0.3 is 0 Å². The third kappa shape index (κ3) is 2.38. The van der Waals surface area contributed by atoms with Gasteiger partial charge in [-0.3, -0.25) is 10.1 Å². The fourth-order valence-corrected chi connectivity index (χ4v) is 5.49. The van der Waals surface area contributed by atoms with Crippen LogP contribution < -0.4 is 5.32 Å². The van der Waals surface area contributed by atoms with Crippen LogP contribution in [0.2, 0.25) is 0 Å². The minimum absolute atomic E-state index is 0.0352. The number of hydrogen-bond acceptors (Lipinski definition) is 5. The standard InChI is InChI=1S/C13H18N2O3S2/c1-2-10-13(16)15(9-5-7-20(17,18)8-9)12(14-10)11-4-3-6-19-11/h3-4,6,9-10,12,14H,2,5,7-8H2,1H3. The zero-order valence-electron chi connectivity index (χ0n) is 11.3. The quantitative estimate of drug-likeness (QED) is 0.909. The van der Waals surface area contributed by atoms with Crippen LogP contribution in [0, 0.1) is 0 Å². The summed E-state index contributed by atoms with van der Waals surface area (Å²) < 4.78 is 23.4. The summed E-state index contributed by atoms with van der Waals surface area (Å²) in [6, 6.07) is 3.55. The predicted octanol–water partition coefficient (Wildman–Crippen LogP) is 1.14. The van der Waals surface area contributed by atoms with Gasteiger partial charge in [0.25, 0.3) is 0 Å². The molecule has 0 aliphatic carbocycles. The monoisotopic (exact) mass is 314 g/mol. The van der Waals surface area contributed by atoms with Crippen molar-refractivity contribution in [3.63, 3.8) is 0 Å². The number of nitrogens with one attached hydrogen (secondary N) is 1. The first-order valence-corrected chi connectivity index (χ1v) is 9.54. The summed E-state index contributed by atoms with van der Waals surface area (Å²) in [6.07, 6.45) is 1.09. The Morgan fingerprint density at radius 3 is 2.85 bits per heavy atom. The first-order chi connectivity index (χ1) is 9.52. The fraction of sp³-hybridized carbons (Fsp3) is 0.615. The van der Waals surface area contributed by atoms with Gasteiger partial charge in [-0.25, -0.2) is 8.42 Å². The zero-order chi connectivity index (χ0) is 14.3. The molecule has 2 fully saturated rings. The van der Waals surface area contributed by atoms with Gasteiger partial charge in [-0.05, 0) is 24.3 Å². The van der Waals surface area contributed by atoms with E-state index in [1.807, 2.05) is 24.4 Å². The summed E-state index contributed by atoms with van der Waals surface area (Å²) in [7, 11) is -2.99. The molecule has 110 valence electrons. The van der Waals surface area contributed by atoms with Crippen LogP contribution in [0.1, 0.15) is 30.8 Å². The molecular formula is C13H18N2O3S2. The molecule has 1 aromatic rings. The van der Waals surface area contributed by atoms with E-state index in [-0.39, 0.29) is 35.7 Å². The van der Waals surface area contributed by atoms with Crippen molar-refractivity contribution in [3.8, 4) is 0 Å². The molecule has 2 aliphatic heterocycles. The molecule has 0 spiro atoms. The van der Waals surface area contributed by atoms with Crippen molar-refractivity contribution in [2.75, 3.05) is 11.5 Å². The lowest BCUT2D eigenvalue weighted by Crippen LogP contribution is -2.40. The first kappa shape index (κ1) is 14.0. The Balaban J connectivity index is 1.90. The van der Waals surface area contributed by atoms with Gasteiger partial charge in [0.1, 0.15) is 6.17 Å². The topological polar surface area (TPSA) is 66.5 Å². The van der Waals surface area contributed by atoms with Crippen LogP contribution in [0.5, 0.6) is 0 Å². The first-order valence-electron chi connectivity index (χ1n) is 6.84. The summed E-state index contributed by atoms with van der Waals surface area (Å²) in [5.41, 5.74) is 0. The normalized spacial score (nSPS) is 33.0. The van der Waals surface area contributed by atoms with E-state index in [4.69, 9.17) is 0 Å². The van der Waals surface area contributed by atoms with Crippen LogP contribution in [-0.4, -0.2) is 42.8 Å². The van der Waals surface area contributed by atoms with E-state index in [2.05, 4.69) is 5.32 Å². The number of nitrogens with zero attached hydrogens (tertiary/aromatic N) is 1.